The van der Waals surface area contributed by atoms with Gasteiger partial charge in [0.15, 0.2) is 11.3 Å². The maximum atomic E-state index is 11.7. The minimum absolute atomic E-state index is 0.207. The molecule has 0 atom stereocenters. The van der Waals surface area contributed by atoms with Crippen molar-refractivity contribution in [3.8, 4) is 0 Å². The zero-order valence-electron chi connectivity index (χ0n) is 11.0. The Hall–Kier alpha value is -1.67. The lowest BCUT2D eigenvalue weighted by atomic mass is 10.1. The van der Waals surface area contributed by atoms with Crippen molar-refractivity contribution in [3.05, 3.63) is 22.4 Å². The Balaban J connectivity index is 2.06. The van der Waals surface area contributed by atoms with E-state index in [2.05, 4.69) is 30.9 Å². The second-order valence-corrected chi connectivity index (χ2v) is 5.30. The van der Waals surface area contributed by atoms with Crippen LogP contribution in [0.1, 0.15) is 10.5 Å². The maximum absolute atomic E-state index is 11.7. The summed E-state index contributed by atoms with van der Waals surface area (Å²) in [7, 11) is 3.03. The fourth-order valence-corrected chi connectivity index (χ4v) is 2.50. The van der Waals surface area contributed by atoms with Gasteiger partial charge in [0.2, 0.25) is 0 Å². The predicted octanol–water partition coefficient (Wildman–Crippen LogP) is 1.11. The van der Waals surface area contributed by atoms with Gasteiger partial charge in [-0.05, 0) is 15.9 Å². The third-order valence-corrected chi connectivity index (χ3v) is 3.67. The number of rotatable bonds is 3. The molecule has 3 rings (SSSR count). The van der Waals surface area contributed by atoms with Crippen LogP contribution < -0.4 is 4.90 Å². The van der Waals surface area contributed by atoms with Crippen LogP contribution in [0, 0.1) is 0 Å². The van der Waals surface area contributed by atoms with E-state index in [0.717, 1.165) is 18.9 Å². The fraction of sp³-hybridized carbons (Fsp3) is 0.417. The Kier molecular flexibility index (Phi) is 3.35. The molecule has 3 heterocycles. The molecule has 0 aliphatic carbocycles. The van der Waals surface area contributed by atoms with Gasteiger partial charge in [-0.2, -0.15) is 9.61 Å². The molecule has 1 fully saturated rings. The third-order valence-electron chi connectivity index (χ3n) is 3.28. The predicted molar refractivity (Wildman–Crippen MR) is 75.0 cm³/mol. The van der Waals surface area contributed by atoms with Crippen molar-refractivity contribution in [1.82, 2.24) is 14.6 Å². The summed E-state index contributed by atoms with van der Waals surface area (Å²) in [5.41, 5.74) is 0.860. The summed E-state index contributed by atoms with van der Waals surface area (Å²) in [6.07, 6.45) is 0.207. The van der Waals surface area contributed by atoms with Crippen molar-refractivity contribution in [2.75, 3.05) is 32.2 Å². The number of methoxy groups -OCH3 is 2. The van der Waals surface area contributed by atoms with Gasteiger partial charge >= 0.3 is 5.97 Å². The number of carbonyl (C=O) groups is 1. The number of carbonyl (C=O) groups excluding carboxylic acids is 1. The lowest BCUT2D eigenvalue weighted by Crippen LogP contribution is -2.52. The lowest BCUT2D eigenvalue weighted by Gasteiger charge is -2.39. The van der Waals surface area contributed by atoms with Crippen molar-refractivity contribution in [2.45, 2.75) is 6.10 Å². The monoisotopic (exact) mass is 340 g/mol. The Morgan fingerprint density at radius 3 is 2.80 bits per heavy atom. The summed E-state index contributed by atoms with van der Waals surface area (Å²) in [6.45, 7) is 1.52. The molecule has 0 bridgehead atoms. The highest BCUT2D eigenvalue weighted by Gasteiger charge is 2.29. The quantitative estimate of drug-likeness (QED) is 0.779. The summed E-state index contributed by atoms with van der Waals surface area (Å²) in [4.78, 5) is 18.0. The van der Waals surface area contributed by atoms with Gasteiger partial charge in [-0.25, -0.2) is 9.78 Å². The average Bonchev–Trinajstić information content (AvgIpc) is 2.76. The first-order valence-corrected chi connectivity index (χ1v) is 6.84. The number of esters is 1. The number of hydrogen-bond donors (Lipinski definition) is 0. The van der Waals surface area contributed by atoms with Gasteiger partial charge in [-0.1, -0.05) is 0 Å². The van der Waals surface area contributed by atoms with E-state index in [-0.39, 0.29) is 11.8 Å². The summed E-state index contributed by atoms with van der Waals surface area (Å²) in [5, 5.41) is 4.33. The number of nitrogens with zero attached hydrogens (tertiary/aromatic N) is 4. The van der Waals surface area contributed by atoms with Gasteiger partial charge in [-0.3, -0.25) is 0 Å². The van der Waals surface area contributed by atoms with E-state index in [1.165, 1.54) is 7.11 Å². The van der Waals surface area contributed by atoms with Crippen molar-refractivity contribution >= 4 is 33.4 Å². The molecule has 0 spiro atoms. The van der Waals surface area contributed by atoms with E-state index in [4.69, 9.17) is 9.47 Å². The first-order valence-electron chi connectivity index (χ1n) is 6.04. The molecule has 8 heteroatoms. The number of aromatic nitrogens is 3. The van der Waals surface area contributed by atoms with Crippen molar-refractivity contribution in [1.29, 1.82) is 0 Å². The summed E-state index contributed by atoms with van der Waals surface area (Å²) >= 11 is 3.32. The molecule has 0 unspecified atom stereocenters. The molecule has 106 valence electrons. The molecule has 0 N–H and O–H groups in total. The van der Waals surface area contributed by atoms with E-state index in [0.29, 0.717) is 10.3 Å². The van der Waals surface area contributed by atoms with Gasteiger partial charge < -0.3 is 14.4 Å². The molecule has 1 saturated heterocycles. The van der Waals surface area contributed by atoms with E-state index in [9.17, 15) is 4.79 Å². The standard InChI is InChI=1S/C12H13BrN4O3/c1-19-7-5-16(6-7)11-3-8(12(18)20-2)14-10-4-9(13)15-17(10)11/h3-4,7H,5-6H2,1-2H3. The molecule has 0 saturated carbocycles. The second-order valence-electron chi connectivity index (χ2n) is 4.49. The Labute approximate surface area is 123 Å². The molecule has 2 aromatic rings. The number of anilines is 1. The van der Waals surface area contributed by atoms with Crippen molar-refractivity contribution < 1.29 is 14.3 Å². The molecule has 1 aliphatic heterocycles. The minimum Gasteiger partial charge on any atom is -0.464 e. The smallest absolute Gasteiger partial charge is 0.356 e. The molecule has 20 heavy (non-hydrogen) atoms. The van der Waals surface area contributed by atoms with Crippen LogP contribution in [0.25, 0.3) is 5.65 Å². The largest absolute Gasteiger partial charge is 0.464 e. The number of hydrogen-bond acceptors (Lipinski definition) is 6. The van der Waals surface area contributed by atoms with Gasteiger partial charge in [0.05, 0.1) is 13.2 Å². The number of ether oxygens (including phenoxy) is 2. The SMILES string of the molecule is COC(=O)c1cc(N2CC(OC)C2)n2nc(Br)cc2n1. The topological polar surface area (TPSA) is 69.0 Å². The number of fused-ring (bicyclic) bond motifs is 1. The van der Waals surface area contributed by atoms with Crippen LogP contribution in [-0.2, 0) is 9.47 Å². The third kappa shape index (κ3) is 2.14. The Morgan fingerprint density at radius 1 is 1.40 bits per heavy atom. The van der Waals surface area contributed by atoms with Crippen molar-refractivity contribution in [3.63, 3.8) is 0 Å². The molecule has 2 aromatic heterocycles. The number of halogens is 1. The zero-order chi connectivity index (χ0) is 14.3. The molecule has 0 amide bonds. The van der Waals surface area contributed by atoms with E-state index in [1.807, 2.05) is 0 Å². The van der Waals surface area contributed by atoms with E-state index >= 15 is 0 Å². The molecular weight excluding hydrogens is 328 g/mol. The van der Waals surface area contributed by atoms with Crippen LogP contribution in [0.4, 0.5) is 5.82 Å². The van der Waals surface area contributed by atoms with E-state index in [1.54, 1.807) is 23.8 Å². The maximum Gasteiger partial charge on any atom is 0.356 e. The van der Waals surface area contributed by atoms with Crippen LogP contribution in [0.3, 0.4) is 0 Å². The van der Waals surface area contributed by atoms with Crippen LogP contribution >= 0.6 is 15.9 Å². The summed E-state index contributed by atoms with van der Waals surface area (Å²) in [5.74, 6) is 0.337. The van der Waals surface area contributed by atoms with Crippen LogP contribution in [-0.4, -0.2) is 54.0 Å². The highest BCUT2D eigenvalue weighted by molar-refractivity contribution is 9.10. The first-order chi connectivity index (χ1) is 9.62. The van der Waals surface area contributed by atoms with Crippen LogP contribution in [0.5, 0.6) is 0 Å². The second kappa shape index (κ2) is 5.02. The van der Waals surface area contributed by atoms with Crippen LogP contribution in [0.15, 0.2) is 16.7 Å². The molecule has 1 aliphatic rings. The Bertz CT molecular complexity index is 666. The lowest BCUT2D eigenvalue weighted by molar-refractivity contribution is 0.0594. The molecule has 0 aromatic carbocycles. The zero-order valence-corrected chi connectivity index (χ0v) is 12.6. The van der Waals surface area contributed by atoms with Gasteiger partial charge in [0.25, 0.3) is 0 Å². The normalized spacial score (nSPS) is 15.4. The minimum atomic E-state index is -0.463. The fourth-order valence-electron chi connectivity index (χ4n) is 2.14. The molecular formula is C12H13BrN4O3. The van der Waals surface area contributed by atoms with Gasteiger partial charge in [0, 0.05) is 32.3 Å². The Morgan fingerprint density at radius 2 is 2.15 bits per heavy atom. The van der Waals surface area contributed by atoms with E-state index < -0.39 is 5.97 Å². The van der Waals surface area contributed by atoms with Crippen molar-refractivity contribution in [2.24, 2.45) is 0 Å². The average molecular weight is 341 g/mol. The van der Waals surface area contributed by atoms with Gasteiger partial charge in [-0.15, -0.1) is 0 Å². The van der Waals surface area contributed by atoms with Gasteiger partial charge in [0.1, 0.15) is 10.4 Å². The summed E-state index contributed by atoms with van der Waals surface area (Å²) in [6, 6.07) is 3.44. The summed E-state index contributed by atoms with van der Waals surface area (Å²) < 4.78 is 12.4. The highest BCUT2D eigenvalue weighted by Crippen LogP contribution is 2.25. The van der Waals surface area contributed by atoms with Crippen LogP contribution in [0.2, 0.25) is 0 Å². The first kappa shape index (κ1) is 13.3. The molecule has 0 radical (unpaired) electrons. The highest BCUT2D eigenvalue weighted by atomic mass is 79.9. The molecule has 7 nitrogen and oxygen atoms in total.